The van der Waals surface area contributed by atoms with E-state index in [9.17, 15) is 0 Å². The number of hydrogen-bond acceptors (Lipinski definition) is 4. The Balaban J connectivity index is 1.82. The Bertz CT molecular complexity index is 772. The smallest absolute Gasteiger partial charge is 0.132 e. The number of ether oxygens (including phenoxy) is 2. The van der Waals surface area contributed by atoms with Crippen LogP contribution >= 0.6 is 0 Å². The van der Waals surface area contributed by atoms with Crippen molar-refractivity contribution in [3.63, 3.8) is 0 Å². The van der Waals surface area contributed by atoms with E-state index >= 15 is 0 Å². The lowest BCUT2D eigenvalue weighted by molar-refractivity contribution is 0.298. The van der Waals surface area contributed by atoms with Gasteiger partial charge in [-0.3, -0.25) is 0 Å². The number of nitrogens with zero attached hydrogens (tertiary/aromatic N) is 2. The maximum Gasteiger partial charge on any atom is 0.132 e. The molecule has 0 radical (unpaired) electrons. The molecule has 0 aliphatic heterocycles. The molecule has 2 aromatic carbocycles. The van der Waals surface area contributed by atoms with Crippen molar-refractivity contribution in [2.75, 3.05) is 7.11 Å². The Morgan fingerprint density at radius 3 is 2.38 bits per heavy atom. The van der Waals surface area contributed by atoms with E-state index in [0.29, 0.717) is 6.61 Å². The van der Waals surface area contributed by atoms with Crippen molar-refractivity contribution in [3.8, 4) is 11.5 Å². The van der Waals surface area contributed by atoms with Gasteiger partial charge in [0, 0.05) is 6.07 Å². The van der Waals surface area contributed by atoms with E-state index in [2.05, 4.69) is 9.97 Å². The maximum absolute atomic E-state index is 5.78. The number of rotatable bonds is 4. The van der Waals surface area contributed by atoms with Crippen LogP contribution in [0.3, 0.4) is 0 Å². The molecule has 0 aliphatic carbocycles. The first-order valence-electron chi connectivity index (χ1n) is 6.75. The Morgan fingerprint density at radius 1 is 0.905 bits per heavy atom. The zero-order chi connectivity index (χ0) is 14.7. The van der Waals surface area contributed by atoms with Gasteiger partial charge in [0.05, 0.1) is 29.5 Å². The Morgan fingerprint density at radius 2 is 1.62 bits per heavy atom. The molecular formula is C17H16N2O2. The molecule has 0 spiro atoms. The van der Waals surface area contributed by atoms with Crippen molar-refractivity contribution in [2.24, 2.45) is 0 Å². The maximum atomic E-state index is 5.78. The molecule has 106 valence electrons. The number of aryl methyl sites for hydroxylation is 1. The van der Waals surface area contributed by atoms with E-state index in [-0.39, 0.29) is 0 Å². The van der Waals surface area contributed by atoms with E-state index < -0.39 is 0 Å². The highest BCUT2D eigenvalue weighted by atomic mass is 16.5. The minimum atomic E-state index is 0.386. The van der Waals surface area contributed by atoms with Crippen LogP contribution in [0.1, 0.15) is 11.4 Å². The van der Waals surface area contributed by atoms with Crippen molar-refractivity contribution in [1.29, 1.82) is 0 Å². The third kappa shape index (κ3) is 2.94. The van der Waals surface area contributed by atoms with Crippen LogP contribution < -0.4 is 9.47 Å². The van der Waals surface area contributed by atoms with Crippen LogP contribution in [0.15, 0.2) is 48.5 Å². The first-order chi connectivity index (χ1) is 10.3. The topological polar surface area (TPSA) is 44.2 Å². The minimum absolute atomic E-state index is 0.386. The van der Waals surface area contributed by atoms with E-state index in [1.54, 1.807) is 7.11 Å². The first kappa shape index (κ1) is 13.4. The highest BCUT2D eigenvalue weighted by Crippen LogP contribution is 2.20. The summed E-state index contributed by atoms with van der Waals surface area (Å²) in [5, 5.41) is 0. The predicted molar refractivity (Wildman–Crippen MR) is 81.6 cm³/mol. The predicted octanol–water partition coefficient (Wildman–Crippen LogP) is 3.53. The lowest BCUT2D eigenvalue weighted by Gasteiger charge is -2.09. The molecule has 1 heterocycles. The van der Waals surface area contributed by atoms with Gasteiger partial charge in [0.15, 0.2) is 0 Å². The van der Waals surface area contributed by atoms with Gasteiger partial charge in [-0.25, -0.2) is 9.97 Å². The van der Waals surface area contributed by atoms with Gasteiger partial charge in [0.25, 0.3) is 0 Å². The molecule has 0 N–H and O–H groups in total. The molecule has 21 heavy (non-hydrogen) atoms. The molecule has 0 unspecified atom stereocenters. The van der Waals surface area contributed by atoms with Gasteiger partial charge >= 0.3 is 0 Å². The third-order valence-corrected chi connectivity index (χ3v) is 3.26. The van der Waals surface area contributed by atoms with E-state index in [0.717, 1.165) is 33.9 Å². The largest absolute Gasteiger partial charge is 0.497 e. The summed E-state index contributed by atoms with van der Waals surface area (Å²) in [7, 11) is 1.64. The van der Waals surface area contributed by atoms with Crippen LogP contribution in [-0.2, 0) is 6.61 Å². The summed E-state index contributed by atoms with van der Waals surface area (Å²) < 4.78 is 11.0. The van der Waals surface area contributed by atoms with Crippen molar-refractivity contribution in [2.45, 2.75) is 13.5 Å². The van der Waals surface area contributed by atoms with Gasteiger partial charge in [-0.1, -0.05) is 18.2 Å². The molecule has 0 atom stereocenters. The van der Waals surface area contributed by atoms with Crippen molar-refractivity contribution < 1.29 is 9.47 Å². The second-order valence-electron chi connectivity index (χ2n) is 4.71. The Labute approximate surface area is 123 Å². The van der Waals surface area contributed by atoms with Crippen LogP contribution in [0.4, 0.5) is 0 Å². The quantitative estimate of drug-likeness (QED) is 0.733. The fraction of sp³-hybridized carbons (Fsp3) is 0.176. The van der Waals surface area contributed by atoms with Crippen LogP contribution in [0.25, 0.3) is 11.0 Å². The van der Waals surface area contributed by atoms with Crippen LogP contribution in [0.5, 0.6) is 11.5 Å². The van der Waals surface area contributed by atoms with Gasteiger partial charge in [-0.05, 0) is 31.2 Å². The van der Waals surface area contributed by atoms with Crippen molar-refractivity contribution in [1.82, 2.24) is 9.97 Å². The second kappa shape index (κ2) is 5.79. The zero-order valence-electron chi connectivity index (χ0n) is 12.0. The molecular weight excluding hydrogens is 264 g/mol. The van der Waals surface area contributed by atoms with E-state index in [1.807, 2.05) is 55.5 Å². The summed E-state index contributed by atoms with van der Waals surface area (Å²) >= 11 is 0. The number of hydrogen-bond donors (Lipinski definition) is 0. The minimum Gasteiger partial charge on any atom is -0.497 e. The normalized spacial score (nSPS) is 10.6. The number of para-hydroxylation sites is 2. The van der Waals surface area contributed by atoms with Crippen LogP contribution in [0.2, 0.25) is 0 Å². The first-order valence-corrected chi connectivity index (χ1v) is 6.75. The Kier molecular flexibility index (Phi) is 3.69. The molecule has 3 rings (SSSR count). The molecule has 0 aliphatic rings. The van der Waals surface area contributed by atoms with Crippen molar-refractivity contribution >= 4 is 11.0 Å². The molecule has 3 aromatic rings. The molecule has 4 heteroatoms. The lowest BCUT2D eigenvalue weighted by Crippen LogP contribution is -2.03. The molecule has 1 aromatic heterocycles. The second-order valence-corrected chi connectivity index (χ2v) is 4.71. The molecule has 0 amide bonds. The van der Waals surface area contributed by atoms with Gasteiger partial charge in [-0.2, -0.15) is 0 Å². The fourth-order valence-corrected chi connectivity index (χ4v) is 2.10. The SMILES string of the molecule is COc1cccc(OCc2nc3ccccc3nc2C)c1. The zero-order valence-corrected chi connectivity index (χ0v) is 12.0. The summed E-state index contributed by atoms with van der Waals surface area (Å²) in [6.45, 7) is 2.33. The average Bonchev–Trinajstić information content (AvgIpc) is 2.53. The third-order valence-electron chi connectivity index (χ3n) is 3.26. The van der Waals surface area contributed by atoms with Crippen molar-refractivity contribution in [3.05, 3.63) is 59.9 Å². The molecule has 0 fully saturated rings. The summed E-state index contributed by atoms with van der Waals surface area (Å²) in [5.74, 6) is 1.53. The van der Waals surface area contributed by atoms with E-state index in [1.165, 1.54) is 0 Å². The summed E-state index contributed by atoms with van der Waals surface area (Å²) in [6.07, 6.45) is 0. The van der Waals surface area contributed by atoms with E-state index in [4.69, 9.17) is 9.47 Å². The summed E-state index contributed by atoms with van der Waals surface area (Å²) in [6, 6.07) is 15.4. The standard InChI is InChI=1S/C17H16N2O2/c1-12-17(19-16-9-4-3-8-15(16)18-12)11-21-14-7-5-6-13(10-14)20-2/h3-10H,11H2,1-2H3. The van der Waals surface area contributed by atoms with Crippen LogP contribution in [0, 0.1) is 6.92 Å². The average molecular weight is 280 g/mol. The fourth-order valence-electron chi connectivity index (χ4n) is 2.10. The summed E-state index contributed by atoms with van der Waals surface area (Å²) in [5.41, 5.74) is 3.51. The summed E-state index contributed by atoms with van der Waals surface area (Å²) in [4.78, 5) is 9.17. The molecule has 0 saturated heterocycles. The van der Waals surface area contributed by atoms with Crippen LogP contribution in [-0.4, -0.2) is 17.1 Å². The number of fused-ring (bicyclic) bond motifs is 1. The highest BCUT2D eigenvalue weighted by molar-refractivity contribution is 5.74. The lowest BCUT2D eigenvalue weighted by atomic mass is 10.2. The van der Waals surface area contributed by atoms with Gasteiger partial charge in [0.1, 0.15) is 18.1 Å². The molecule has 0 saturated carbocycles. The number of methoxy groups -OCH3 is 1. The Hall–Kier alpha value is -2.62. The number of aromatic nitrogens is 2. The van der Waals surface area contributed by atoms with Gasteiger partial charge in [-0.15, -0.1) is 0 Å². The molecule has 4 nitrogen and oxygen atoms in total. The highest BCUT2D eigenvalue weighted by Gasteiger charge is 2.06. The number of benzene rings is 2. The van der Waals surface area contributed by atoms with Gasteiger partial charge < -0.3 is 9.47 Å². The monoisotopic (exact) mass is 280 g/mol. The molecule has 0 bridgehead atoms. The van der Waals surface area contributed by atoms with Gasteiger partial charge in [0.2, 0.25) is 0 Å².